The summed E-state index contributed by atoms with van der Waals surface area (Å²) in [6, 6.07) is 10.6. The Bertz CT molecular complexity index is 640. The van der Waals surface area contributed by atoms with Crippen LogP contribution in [-0.2, 0) is 17.9 Å². The van der Waals surface area contributed by atoms with E-state index in [1.165, 1.54) is 16.7 Å². The van der Waals surface area contributed by atoms with Crippen molar-refractivity contribution in [3.05, 3.63) is 57.8 Å². The average Bonchev–Trinajstić information content (AvgIpc) is 3.17. The van der Waals surface area contributed by atoms with Crippen molar-refractivity contribution >= 4 is 17.3 Å². The van der Waals surface area contributed by atoms with Crippen LogP contribution >= 0.6 is 11.3 Å². The molecule has 0 bridgehead atoms. The van der Waals surface area contributed by atoms with Crippen molar-refractivity contribution in [2.24, 2.45) is 4.99 Å². The second-order valence-electron chi connectivity index (χ2n) is 6.09. The van der Waals surface area contributed by atoms with Crippen molar-refractivity contribution in [1.82, 2.24) is 10.6 Å². The number of nitrogens with one attached hydrogen (secondary N) is 2. The number of rotatable bonds is 9. The molecule has 0 radical (unpaired) electrons. The third kappa shape index (κ3) is 6.52. The van der Waals surface area contributed by atoms with Crippen molar-refractivity contribution in [2.45, 2.75) is 39.3 Å². The van der Waals surface area contributed by atoms with Gasteiger partial charge in [-0.25, -0.2) is 0 Å². The molecule has 4 nitrogen and oxygen atoms in total. The summed E-state index contributed by atoms with van der Waals surface area (Å²) in [7, 11) is 1.81. The summed E-state index contributed by atoms with van der Waals surface area (Å²) in [6.07, 6.45) is 1.04. The van der Waals surface area contributed by atoms with E-state index in [9.17, 15) is 0 Å². The molecule has 0 aliphatic rings. The molecular weight excluding hydrogens is 330 g/mol. The highest BCUT2D eigenvalue weighted by Gasteiger charge is 2.08. The minimum Gasteiger partial charge on any atom is -0.377 e. The van der Waals surface area contributed by atoms with E-state index in [4.69, 9.17) is 4.74 Å². The van der Waals surface area contributed by atoms with Crippen molar-refractivity contribution in [3.63, 3.8) is 0 Å². The van der Waals surface area contributed by atoms with Gasteiger partial charge >= 0.3 is 0 Å². The second kappa shape index (κ2) is 10.9. The van der Waals surface area contributed by atoms with Crippen LogP contribution in [-0.4, -0.2) is 26.2 Å². The maximum atomic E-state index is 5.69. The molecule has 2 N–H and O–H groups in total. The van der Waals surface area contributed by atoms with Gasteiger partial charge in [0.15, 0.2) is 5.96 Å². The van der Waals surface area contributed by atoms with Gasteiger partial charge in [0, 0.05) is 26.7 Å². The Balaban J connectivity index is 1.84. The number of thiophene rings is 1. The van der Waals surface area contributed by atoms with Crippen LogP contribution in [0.25, 0.3) is 0 Å². The molecule has 136 valence electrons. The highest BCUT2D eigenvalue weighted by atomic mass is 32.1. The normalized spacial score (nSPS) is 12.8. The van der Waals surface area contributed by atoms with Crippen LogP contribution in [0.3, 0.4) is 0 Å². The van der Waals surface area contributed by atoms with E-state index in [1.54, 1.807) is 18.4 Å². The Kier molecular flexibility index (Phi) is 8.49. The Morgan fingerprint density at radius 2 is 2.00 bits per heavy atom. The number of hydrogen-bond acceptors (Lipinski definition) is 3. The molecule has 0 saturated carbocycles. The molecule has 1 unspecified atom stereocenters. The summed E-state index contributed by atoms with van der Waals surface area (Å²) in [4.78, 5) is 4.33. The maximum Gasteiger partial charge on any atom is 0.191 e. The highest BCUT2D eigenvalue weighted by Crippen LogP contribution is 2.17. The van der Waals surface area contributed by atoms with Crippen LogP contribution in [0, 0.1) is 0 Å². The number of aliphatic imine (C=N–C) groups is 1. The van der Waals surface area contributed by atoms with Crippen molar-refractivity contribution in [3.8, 4) is 0 Å². The zero-order valence-corrected chi connectivity index (χ0v) is 16.2. The summed E-state index contributed by atoms with van der Waals surface area (Å²) in [5.74, 6) is 1.28. The number of benzene rings is 1. The Morgan fingerprint density at radius 1 is 1.20 bits per heavy atom. The molecule has 0 spiro atoms. The standard InChI is InChI=1S/C20H29N3OS/c1-4-10-24-14-18-8-6-5-7-17(18)13-23-20(21-3)22-12-16(2)19-9-11-25-15-19/h5-9,11,15-16H,4,10,12-14H2,1-3H3,(H2,21,22,23). The molecule has 2 rings (SSSR count). The minimum atomic E-state index is 0.458. The summed E-state index contributed by atoms with van der Waals surface area (Å²) in [5.41, 5.74) is 3.84. The predicted molar refractivity (Wildman–Crippen MR) is 107 cm³/mol. The Hall–Kier alpha value is -1.85. The van der Waals surface area contributed by atoms with Gasteiger partial charge in [-0.2, -0.15) is 11.3 Å². The molecule has 2 aromatic rings. The summed E-state index contributed by atoms with van der Waals surface area (Å²) >= 11 is 1.74. The molecule has 1 atom stereocenters. The van der Waals surface area contributed by atoms with Crippen molar-refractivity contribution in [1.29, 1.82) is 0 Å². The molecule has 1 heterocycles. The third-order valence-electron chi connectivity index (χ3n) is 4.08. The average molecular weight is 360 g/mol. The van der Waals surface area contributed by atoms with Crippen LogP contribution in [0.15, 0.2) is 46.1 Å². The van der Waals surface area contributed by atoms with Crippen LogP contribution in [0.4, 0.5) is 0 Å². The van der Waals surface area contributed by atoms with E-state index in [0.29, 0.717) is 12.5 Å². The predicted octanol–water partition coefficient (Wildman–Crippen LogP) is 4.14. The number of ether oxygens (including phenoxy) is 1. The monoisotopic (exact) mass is 359 g/mol. The van der Waals surface area contributed by atoms with Crippen molar-refractivity contribution in [2.75, 3.05) is 20.2 Å². The van der Waals surface area contributed by atoms with Crippen LogP contribution in [0.5, 0.6) is 0 Å². The van der Waals surface area contributed by atoms with Crippen LogP contribution in [0.1, 0.15) is 42.9 Å². The smallest absolute Gasteiger partial charge is 0.191 e. The summed E-state index contributed by atoms with van der Waals surface area (Å²) in [6.45, 7) is 7.40. The molecule has 0 fully saturated rings. The lowest BCUT2D eigenvalue weighted by Crippen LogP contribution is -2.38. The zero-order valence-electron chi connectivity index (χ0n) is 15.4. The number of nitrogens with zero attached hydrogens (tertiary/aromatic N) is 1. The lowest BCUT2D eigenvalue weighted by Gasteiger charge is -2.16. The van der Waals surface area contributed by atoms with Crippen LogP contribution in [0.2, 0.25) is 0 Å². The number of hydrogen-bond donors (Lipinski definition) is 2. The molecule has 0 aliphatic carbocycles. The van der Waals surface area contributed by atoms with Gasteiger partial charge in [0.1, 0.15) is 0 Å². The first-order chi connectivity index (χ1) is 12.2. The second-order valence-corrected chi connectivity index (χ2v) is 6.87. The van der Waals surface area contributed by atoms with E-state index in [1.807, 2.05) is 0 Å². The molecule has 25 heavy (non-hydrogen) atoms. The molecule has 0 aliphatic heterocycles. The minimum absolute atomic E-state index is 0.458. The largest absolute Gasteiger partial charge is 0.377 e. The third-order valence-corrected chi connectivity index (χ3v) is 4.78. The Labute approximate surface area is 155 Å². The first kappa shape index (κ1) is 19.5. The van der Waals surface area contributed by atoms with E-state index < -0.39 is 0 Å². The van der Waals surface area contributed by atoms with Gasteiger partial charge in [0.2, 0.25) is 0 Å². The van der Waals surface area contributed by atoms with Gasteiger partial charge in [-0.15, -0.1) is 0 Å². The fraction of sp³-hybridized carbons (Fsp3) is 0.450. The maximum absolute atomic E-state index is 5.69. The first-order valence-electron chi connectivity index (χ1n) is 8.85. The van der Waals surface area contributed by atoms with E-state index in [0.717, 1.165) is 32.1 Å². The quantitative estimate of drug-likeness (QED) is 0.402. The van der Waals surface area contributed by atoms with E-state index in [-0.39, 0.29) is 0 Å². The van der Waals surface area contributed by atoms with Gasteiger partial charge in [0.25, 0.3) is 0 Å². The summed E-state index contributed by atoms with van der Waals surface area (Å²) < 4.78 is 5.69. The summed E-state index contributed by atoms with van der Waals surface area (Å²) in [5, 5.41) is 11.1. The lowest BCUT2D eigenvalue weighted by molar-refractivity contribution is 0.121. The van der Waals surface area contributed by atoms with Gasteiger partial charge in [-0.3, -0.25) is 4.99 Å². The van der Waals surface area contributed by atoms with E-state index in [2.05, 4.69) is 70.6 Å². The molecule has 0 amide bonds. The van der Waals surface area contributed by atoms with Gasteiger partial charge in [-0.1, -0.05) is 38.1 Å². The van der Waals surface area contributed by atoms with Crippen LogP contribution < -0.4 is 10.6 Å². The molecule has 0 saturated heterocycles. The van der Waals surface area contributed by atoms with Crippen molar-refractivity contribution < 1.29 is 4.74 Å². The fourth-order valence-electron chi connectivity index (χ4n) is 2.52. The Morgan fingerprint density at radius 3 is 2.68 bits per heavy atom. The number of guanidine groups is 1. The molecule has 1 aromatic heterocycles. The molecule has 5 heteroatoms. The zero-order chi connectivity index (χ0) is 17.9. The van der Waals surface area contributed by atoms with Gasteiger partial charge in [-0.05, 0) is 45.9 Å². The first-order valence-corrected chi connectivity index (χ1v) is 9.80. The van der Waals surface area contributed by atoms with Gasteiger partial charge in [0.05, 0.1) is 6.61 Å². The lowest BCUT2D eigenvalue weighted by atomic mass is 10.1. The molecule has 1 aromatic carbocycles. The van der Waals surface area contributed by atoms with Gasteiger partial charge < -0.3 is 15.4 Å². The van der Waals surface area contributed by atoms with E-state index >= 15 is 0 Å². The fourth-order valence-corrected chi connectivity index (χ4v) is 3.30. The SMILES string of the molecule is CCCOCc1ccccc1CNC(=NC)NCC(C)c1ccsc1. The topological polar surface area (TPSA) is 45.6 Å². The highest BCUT2D eigenvalue weighted by molar-refractivity contribution is 7.07. The molecular formula is C20H29N3OS.